The molecule has 3 aliphatic rings. The maximum Gasteiger partial charge on any atom is 0.252 e. The highest BCUT2D eigenvalue weighted by Crippen LogP contribution is 2.52. The van der Waals surface area contributed by atoms with E-state index >= 15 is 0 Å². The molecule has 0 saturated carbocycles. The minimum atomic E-state index is -0.0448. The summed E-state index contributed by atoms with van der Waals surface area (Å²) in [7, 11) is 0. The minimum absolute atomic E-state index is 0.0117. The third-order valence-corrected chi connectivity index (χ3v) is 14.2. The number of hydrogen-bond donors (Lipinski definition) is 0. The van der Waals surface area contributed by atoms with Gasteiger partial charge in [0.2, 0.25) is 0 Å². The van der Waals surface area contributed by atoms with Gasteiger partial charge in [-0.25, -0.2) is 0 Å². The zero-order chi connectivity index (χ0) is 43.6. The van der Waals surface area contributed by atoms with E-state index in [9.17, 15) is 0 Å². The second-order valence-electron chi connectivity index (χ2n) is 20.7. The van der Waals surface area contributed by atoms with E-state index in [4.69, 9.17) is 0 Å². The Morgan fingerprint density at radius 2 is 0.968 bits per heavy atom. The summed E-state index contributed by atoms with van der Waals surface area (Å²) in [4.78, 5) is 5.10. The predicted molar refractivity (Wildman–Crippen MR) is 271 cm³/mol. The topological polar surface area (TPSA) is 6.48 Å². The number of hydrogen-bond acceptors (Lipinski definition) is 2. The van der Waals surface area contributed by atoms with Crippen LogP contribution in [0.2, 0.25) is 0 Å². The quantitative estimate of drug-likeness (QED) is 0.163. The van der Waals surface area contributed by atoms with E-state index in [2.05, 4.69) is 242 Å². The van der Waals surface area contributed by atoms with Gasteiger partial charge in [-0.1, -0.05) is 177 Å². The summed E-state index contributed by atoms with van der Waals surface area (Å²) >= 11 is 0. The van der Waals surface area contributed by atoms with Crippen LogP contribution in [0.4, 0.5) is 34.1 Å². The van der Waals surface area contributed by atoms with E-state index in [1.807, 2.05) is 0 Å². The Labute approximate surface area is 375 Å². The molecule has 308 valence electrons. The van der Waals surface area contributed by atoms with Crippen LogP contribution in [0.25, 0.3) is 33.4 Å². The Balaban J connectivity index is 1.12. The van der Waals surface area contributed by atoms with Crippen molar-refractivity contribution in [3.8, 4) is 33.4 Å². The van der Waals surface area contributed by atoms with Gasteiger partial charge in [0.05, 0.1) is 0 Å². The first-order chi connectivity index (χ1) is 30.2. The first-order valence-corrected chi connectivity index (χ1v) is 22.7. The summed E-state index contributed by atoms with van der Waals surface area (Å²) in [6.07, 6.45) is 0. The van der Waals surface area contributed by atoms with Crippen molar-refractivity contribution < 1.29 is 0 Å². The van der Waals surface area contributed by atoms with Gasteiger partial charge in [0.25, 0.3) is 6.71 Å². The summed E-state index contributed by atoms with van der Waals surface area (Å²) in [5.74, 6) is 0. The molecule has 0 bridgehead atoms. The van der Waals surface area contributed by atoms with Gasteiger partial charge in [0, 0.05) is 39.5 Å². The first kappa shape index (κ1) is 39.3. The van der Waals surface area contributed by atoms with Crippen molar-refractivity contribution in [3.63, 3.8) is 0 Å². The van der Waals surface area contributed by atoms with Crippen LogP contribution in [0.3, 0.4) is 0 Å². The van der Waals surface area contributed by atoms with Gasteiger partial charge in [-0.15, -0.1) is 0 Å². The number of benzene rings is 8. The summed E-state index contributed by atoms with van der Waals surface area (Å²) in [6, 6.07) is 64.6. The molecule has 2 aliphatic heterocycles. The standard InChI is InChI=1S/C60H55BN2/c1-38-34-54-57-55(35-38)63(45-28-22-40(23-29-45)39-16-11-10-12-17-39)53-37-43(59(5,6)7)26-32-50(53)61(57)51-36-42(58(2,3)4)27-33-52(51)62(54)44-30-24-41(25-31-44)46-19-15-21-49-56(46)47-18-13-14-20-48(47)60(49,8)9/h10-37H,1-9H3. The van der Waals surface area contributed by atoms with Crippen molar-refractivity contribution in [2.75, 3.05) is 9.80 Å². The Morgan fingerprint density at radius 3 is 1.63 bits per heavy atom. The summed E-state index contributed by atoms with van der Waals surface area (Å²) < 4.78 is 0. The van der Waals surface area contributed by atoms with Crippen LogP contribution >= 0.6 is 0 Å². The molecule has 2 heterocycles. The lowest BCUT2D eigenvalue weighted by Gasteiger charge is -2.45. The largest absolute Gasteiger partial charge is 0.311 e. The molecule has 0 aromatic heterocycles. The first-order valence-electron chi connectivity index (χ1n) is 22.7. The molecule has 3 heteroatoms. The van der Waals surface area contributed by atoms with E-state index in [-0.39, 0.29) is 23.0 Å². The highest BCUT2D eigenvalue weighted by molar-refractivity contribution is 7.00. The van der Waals surface area contributed by atoms with Crippen LogP contribution in [0.1, 0.15) is 83.2 Å². The second-order valence-corrected chi connectivity index (χ2v) is 20.7. The molecule has 0 unspecified atom stereocenters. The molecule has 8 aromatic rings. The maximum atomic E-state index is 2.55. The molecule has 0 spiro atoms. The second kappa shape index (κ2) is 14.0. The summed E-state index contributed by atoms with van der Waals surface area (Å²) in [6.45, 7) is 21.0. The Kier molecular flexibility index (Phi) is 8.71. The minimum Gasteiger partial charge on any atom is -0.311 e. The Morgan fingerprint density at radius 1 is 0.429 bits per heavy atom. The van der Waals surface area contributed by atoms with E-state index in [1.165, 1.54) is 106 Å². The molecular formula is C60H55BN2. The maximum absolute atomic E-state index is 2.55. The molecule has 0 radical (unpaired) electrons. The Bertz CT molecular complexity index is 3110. The van der Waals surface area contributed by atoms with Crippen molar-refractivity contribution in [1.29, 1.82) is 0 Å². The predicted octanol–water partition coefficient (Wildman–Crippen LogP) is 14.3. The molecule has 0 saturated heterocycles. The SMILES string of the molecule is Cc1cc2c3c(c1)N(c1ccc(-c4ccccc4)cc1)c1cc(C(C)(C)C)ccc1B3c1cc(C(C)(C)C)ccc1N2c1ccc(-c2cccc3c2-c2ccccc2C3(C)C)cc1. The van der Waals surface area contributed by atoms with Gasteiger partial charge < -0.3 is 9.80 Å². The number of nitrogens with zero attached hydrogens (tertiary/aromatic N) is 2. The number of anilines is 6. The van der Waals surface area contributed by atoms with Gasteiger partial charge >= 0.3 is 0 Å². The van der Waals surface area contributed by atoms with Crippen molar-refractivity contribution in [3.05, 3.63) is 198 Å². The molecule has 0 amide bonds. The molecule has 8 aromatic carbocycles. The molecule has 1 aliphatic carbocycles. The number of aryl methyl sites for hydroxylation is 1. The highest BCUT2D eigenvalue weighted by atomic mass is 15.2. The monoisotopic (exact) mass is 814 g/mol. The zero-order valence-corrected chi connectivity index (χ0v) is 38.1. The van der Waals surface area contributed by atoms with Gasteiger partial charge in [0.15, 0.2) is 0 Å². The zero-order valence-electron chi connectivity index (χ0n) is 38.1. The third-order valence-electron chi connectivity index (χ3n) is 14.2. The number of rotatable bonds is 4. The van der Waals surface area contributed by atoms with E-state index < -0.39 is 0 Å². The Hall–Kier alpha value is -6.58. The highest BCUT2D eigenvalue weighted by Gasteiger charge is 2.44. The average molecular weight is 815 g/mol. The molecule has 0 fully saturated rings. The average Bonchev–Trinajstić information content (AvgIpc) is 3.51. The fourth-order valence-corrected chi connectivity index (χ4v) is 10.8. The van der Waals surface area contributed by atoms with Crippen LogP contribution in [-0.4, -0.2) is 6.71 Å². The van der Waals surface area contributed by atoms with Crippen molar-refractivity contribution in [2.45, 2.75) is 78.6 Å². The van der Waals surface area contributed by atoms with Crippen molar-refractivity contribution in [1.82, 2.24) is 0 Å². The fraction of sp³-hybridized carbons (Fsp3) is 0.200. The van der Waals surface area contributed by atoms with E-state index in [1.54, 1.807) is 0 Å². The normalized spacial score (nSPS) is 14.5. The molecule has 63 heavy (non-hydrogen) atoms. The van der Waals surface area contributed by atoms with Gasteiger partial charge in [-0.05, 0) is 144 Å². The fourth-order valence-electron chi connectivity index (χ4n) is 10.8. The molecule has 11 rings (SSSR count). The van der Waals surface area contributed by atoms with Crippen LogP contribution in [0, 0.1) is 6.92 Å². The smallest absolute Gasteiger partial charge is 0.252 e. The van der Waals surface area contributed by atoms with Crippen LogP contribution < -0.4 is 26.2 Å². The third kappa shape index (κ3) is 6.15. The van der Waals surface area contributed by atoms with Gasteiger partial charge in [0.1, 0.15) is 0 Å². The van der Waals surface area contributed by atoms with Crippen LogP contribution in [0.5, 0.6) is 0 Å². The van der Waals surface area contributed by atoms with Gasteiger partial charge in [-0.2, -0.15) is 0 Å². The molecule has 0 atom stereocenters. The van der Waals surface area contributed by atoms with E-state index in [0.717, 1.165) is 5.69 Å². The molecule has 0 N–H and O–H groups in total. The molecular weight excluding hydrogens is 759 g/mol. The van der Waals surface area contributed by atoms with Crippen molar-refractivity contribution in [2.24, 2.45) is 0 Å². The molecule has 2 nitrogen and oxygen atoms in total. The lowest BCUT2D eigenvalue weighted by molar-refractivity contribution is 0.590. The van der Waals surface area contributed by atoms with Crippen LogP contribution in [0.15, 0.2) is 170 Å². The summed E-state index contributed by atoms with van der Waals surface area (Å²) in [5, 5.41) is 0. The lowest BCUT2D eigenvalue weighted by atomic mass is 9.33. The number of fused-ring (bicyclic) bond motifs is 7. The van der Waals surface area contributed by atoms with Crippen molar-refractivity contribution >= 4 is 57.2 Å². The lowest BCUT2D eigenvalue weighted by Crippen LogP contribution is -2.61. The summed E-state index contributed by atoms with van der Waals surface area (Å²) in [5.41, 5.74) is 25.7. The van der Waals surface area contributed by atoms with Gasteiger partial charge in [-0.3, -0.25) is 0 Å². The van der Waals surface area contributed by atoms with Crippen LogP contribution in [-0.2, 0) is 16.2 Å². The van der Waals surface area contributed by atoms with E-state index in [0.29, 0.717) is 0 Å².